The molecule has 3 aliphatic rings. The molecule has 3 rings (SSSR count). The van der Waals surface area contributed by atoms with E-state index in [-0.39, 0.29) is 6.29 Å². The van der Waals surface area contributed by atoms with Crippen molar-refractivity contribution >= 4 is 0 Å². The molecule has 2 saturated heterocycles. The lowest BCUT2D eigenvalue weighted by Gasteiger charge is -2.49. The van der Waals surface area contributed by atoms with Crippen LogP contribution in [-0.4, -0.2) is 23.9 Å². The largest absolute Gasteiger partial charge is 0.352 e. The molecule has 7 atom stereocenters. The molecule has 0 radical (unpaired) electrons. The van der Waals surface area contributed by atoms with Gasteiger partial charge in [-0.15, -0.1) is 0 Å². The summed E-state index contributed by atoms with van der Waals surface area (Å²) in [6, 6.07) is 0. The molecule has 2 heterocycles. The van der Waals surface area contributed by atoms with Gasteiger partial charge in [0.2, 0.25) is 5.79 Å². The summed E-state index contributed by atoms with van der Waals surface area (Å²) >= 11 is 0. The molecule has 2 aliphatic heterocycles. The van der Waals surface area contributed by atoms with E-state index in [1.807, 2.05) is 6.92 Å². The van der Waals surface area contributed by atoms with Gasteiger partial charge in [-0.1, -0.05) is 20.3 Å². The highest BCUT2D eigenvalue weighted by Crippen LogP contribution is 2.52. The van der Waals surface area contributed by atoms with E-state index >= 15 is 0 Å². The molecule has 19 heavy (non-hydrogen) atoms. The lowest BCUT2D eigenvalue weighted by atomic mass is 9.61. The van der Waals surface area contributed by atoms with E-state index in [1.165, 1.54) is 12.8 Å². The van der Waals surface area contributed by atoms with E-state index in [1.54, 1.807) is 0 Å². The Bertz CT molecular complexity index is 334. The molecule has 4 heteroatoms. The second-order valence-corrected chi connectivity index (χ2v) is 7.02. The van der Waals surface area contributed by atoms with Crippen LogP contribution in [0.1, 0.15) is 46.5 Å². The monoisotopic (exact) mass is 270 g/mol. The van der Waals surface area contributed by atoms with Crippen LogP contribution in [0.4, 0.5) is 0 Å². The van der Waals surface area contributed by atoms with Crippen molar-refractivity contribution < 1.29 is 19.6 Å². The van der Waals surface area contributed by atoms with Gasteiger partial charge >= 0.3 is 0 Å². The molecule has 1 saturated carbocycles. The number of rotatable bonds is 1. The number of ether oxygens (including phenoxy) is 2. The zero-order valence-electron chi connectivity index (χ0n) is 12.2. The molecule has 0 amide bonds. The van der Waals surface area contributed by atoms with Gasteiger partial charge in [-0.25, -0.2) is 10.1 Å². The fourth-order valence-electron chi connectivity index (χ4n) is 4.50. The molecule has 0 aromatic rings. The molecule has 2 unspecified atom stereocenters. The Morgan fingerprint density at radius 2 is 1.84 bits per heavy atom. The number of hydrogen-bond acceptors (Lipinski definition) is 4. The maximum absolute atomic E-state index is 9.14. The Morgan fingerprint density at radius 1 is 1.11 bits per heavy atom. The normalized spacial score (nSPS) is 54.3. The van der Waals surface area contributed by atoms with Gasteiger partial charge in [-0.05, 0) is 43.4 Å². The summed E-state index contributed by atoms with van der Waals surface area (Å²) in [5.41, 5.74) is 0. The molecule has 1 N–H and O–H groups in total. The standard InChI is InChI=1S/C15H26O4/c1-9-4-5-11-10(2)8-17-14-13(11)12(9)6-7-15(3,18-14)19-16/h9-14,16H,4-8H2,1-3H3/t9-,10+,11+,12+,13?,14-,15?/m1/s1. The molecule has 0 bridgehead atoms. The summed E-state index contributed by atoms with van der Waals surface area (Å²) in [6.45, 7) is 7.21. The summed E-state index contributed by atoms with van der Waals surface area (Å²) < 4.78 is 11.9. The Kier molecular flexibility index (Phi) is 3.63. The molecular formula is C15H26O4. The average Bonchev–Trinajstić information content (AvgIpc) is 2.55. The minimum absolute atomic E-state index is 0.214. The maximum atomic E-state index is 9.14. The summed E-state index contributed by atoms with van der Waals surface area (Å²) in [6.07, 6.45) is 4.15. The minimum Gasteiger partial charge on any atom is -0.352 e. The highest BCUT2D eigenvalue weighted by Gasteiger charge is 2.52. The van der Waals surface area contributed by atoms with Gasteiger partial charge in [0.25, 0.3) is 0 Å². The van der Waals surface area contributed by atoms with Crippen molar-refractivity contribution in [2.45, 2.75) is 58.5 Å². The Labute approximate surface area is 115 Å². The average molecular weight is 270 g/mol. The number of hydrogen-bond donors (Lipinski definition) is 1. The summed E-state index contributed by atoms with van der Waals surface area (Å²) in [7, 11) is 0. The lowest BCUT2D eigenvalue weighted by molar-refractivity contribution is -0.431. The van der Waals surface area contributed by atoms with E-state index in [0.717, 1.165) is 19.4 Å². The third-order valence-corrected chi connectivity index (χ3v) is 5.73. The second-order valence-electron chi connectivity index (χ2n) is 7.02. The quantitative estimate of drug-likeness (QED) is 0.587. The Balaban J connectivity index is 1.89. The van der Waals surface area contributed by atoms with E-state index in [4.69, 9.17) is 14.7 Å². The summed E-state index contributed by atoms with van der Waals surface area (Å²) in [4.78, 5) is 4.62. The van der Waals surface area contributed by atoms with Crippen LogP contribution in [0.25, 0.3) is 0 Å². The molecule has 110 valence electrons. The highest BCUT2D eigenvalue weighted by molar-refractivity contribution is 4.94. The lowest BCUT2D eigenvalue weighted by Crippen LogP contribution is -2.50. The van der Waals surface area contributed by atoms with Gasteiger partial charge in [-0.2, -0.15) is 0 Å². The Morgan fingerprint density at radius 3 is 2.58 bits per heavy atom. The van der Waals surface area contributed by atoms with Crippen molar-refractivity contribution in [3.63, 3.8) is 0 Å². The zero-order valence-corrected chi connectivity index (χ0v) is 12.2. The van der Waals surface area contributed by atoms with Gasteiger partial charge in [0, 0.05) is 12.3 Å². The van der Waals surface area contributed by atoms with Crippen LogP contribution in [0.3, 0.4) is 0 Å². The summed E-state index contributed by atoms with van der Waals surface area (Å²) in [5.74, 6) is 2.20. The second kappa shape index (κ2) is 4.99. The van der Waals surface area contributed by atoms with Crippen molar-refractivity contribution in [2.24, 2.45) is 29.6 Å². The molecular weight excluding hydrogens is 244 g/mol. The molecule has 3 fully saturated rings. The van der Waals surface area contributed by atoms with Crippen LogP contribution >= 0.6 is 0 Å². The molecule has 0 spiro atoms. The first-order chi connectivity index (χ1) is 9.04. The third kappa shape index (κ3) is 2.33. The summed E-state index contributed by atoms with van der Waals surface area (Å²) in [5, 5.41) is 9.14. The fourth-order valence-corrected chi connectivity index (χ4v) is 4.50. The van der Waals surface area contributed by atoms with E-state index < -0.39 is 5.79 Å². The van der Waals surface area contributed by atoms with E-state index in [9.17, 15) is 0 Å². The first-order valence-electron chi connectivity index (χ1n) is 7.66. The van der Waals surface area contributed by atoms with E-state index in [0.29, 0.717) is 29.6 Å². The van der Waals surface area contributed by atoms with Crippen LogP contribution in [0.15, 0.2) is 0 Å². The maximum Gasteiger partial charge on any atom is 0.201 e. The molecule has 0 aromatic carbocycles. The van der Waals surface area contributed by atoms with Crippen LogP contribution in [0, 0.1) is 29.6 Å². The van der Waals surface area contributed by atoms with Crippen LogP contribution in [-0.2, 0) is 14.4 Å². The van der Waals surface area contributed by atoms with Crippen molar-refractivity contribution in [1.82, 2.24) is 0 Å². The van der Waals surface area contributed by atoms with Crippen LogP contribution in [0.5, 0.6) is 0 Å². The van der Waals surface area contributed by atoms with Crippen molar-refractivity contribution in [3.8, 4) is 0 Å². The molecule has 0 aromatic heterocycles. The van der Waals surface area contributed by atoms with Crippen molar-refractivity contribution in [1.29, 1.82) is 0 Å². The zero-order chi connectivity index (χ0) is 13.6. The van der Waals surface area contributed by atoms with Crippen molar-refractivity contribution in [2.75, 3.05) is 6.61 Å². The SMILES string of the molecule is C[C@@H]1CC[C@@H]2C3[C@H](OC[C@@H]2C)OC(C)(OO)CC[C@H]31. The van der Waals surface area contributed by atoms with Gasteiger partial charge in [0.1, 0.15) is 0 Å². The van der Waals surface area contributed by atoms with Crippen LogP contribution < -0.4 is 0 Å². The third-order valence-electron chi connectivity index (χ3n) is 5.73. The van der Waals surface area contributed by atoms with Gasteiger partial charge in [0.15, 0.2) is 6.29 Å². The first kappa shape index (κ1) is 13.8. The van der Waals surface area contributed by atoms with Gasteiger partial charge in [-0.3, -0.25) is 0 Å². The van der Waals surface area contributed by atoms with Crippen LogP contribution in [0.2, 0.25) is 0 Å². The van der Waals surface area contributed by atoms with Crippen molar-refractivity contribution in [3.05, 3.63) is 0 Å². The minimum atomic E-state index is -0.910. The fraction of sp³-hybridized carbons (Fsp3) is 1.00. The predicted molar refractivity (Wildman–Crippen MR) is 70.2 cm³/mol. The first-order valence-corrected chi connectivity index (χ1v) is 7.66. The smallest absolute Gasteiger partial charge is 0.201 e. The van der Waals surface area contributed by atoms with E-state index in [2.05, 4.69) is 18.7 Å². The molecule has 4 nitrogen and oxygen atoms in total. The molecule has 1 aliphatic carbocycles. The van der Waals surface area contributed by atoms with Gasteiger partial charge in [0.05, 0.1) is 6.61 Å². The van der Waals surface area contributed by atoms with Gasteiger partial charge < -0.3 is 9.47 Å². The highest BCUT2D eigenvalue weighted by atomic mass is 17.1. The predicted octanol–water partition coefficient (Wildman–Crippen LogP) is 3.27. The Hall–Kier alpha value is -0.160. The topological polar surface area (TPSA) is 47.9 Å².